The summed E-state index contributed by atoms with van der Waals surface area (Å²) in [5.41, 5.74) is 1.13. The van der Waals surface area contributed by atoms with E-state index in [-0.39, 0.29) is 24.6 Å². The second-order valence-corrected chi connectivity index (χ2v) is 5.62. The molecule has 0 spiro atoms. The topological polar surface area (TPSA) is 73.4 Å². The molecule has 1 aromatic heterocycles. The fourth-order valence-electron chi connectivity index (χ4n) is 2.05. The van der Waals surface area contributed by atoms with Crippen molar-refractivity contribution in [2.75, 3.05) is 19.4 Å². The minimum atomic E-state index is -0.252. The number of carbonyl (C=O) groups excluding carboxylic acids is 1. The molecule has 1 amide bonds. The van der Waals surface area contributed by atoms with Gasteiger partial charge in [-0.2, -0.15) is 0 Å². The molecule has 2 N–H and O–H groups in total. The first-order valence-corrected chi connectivity index (χ1v) is 8.08. The van der Waals surface area contributed by atoms with Gasteiger partial charge in [-0.05, 0) is 30.0 Å². The highest BCUT2D eigenvalue weighted by molar-refractivity contribution is 7.98. The predicted molar refractivity (Wildman–Crippen MR) is 87.1 cm³/mol. The summed E-state index contributed by atoms with van der Waals surface area (Å²) in [6.07, 6.45) is 3.40. The van der Waals surface area contributed by atoms with Crippen molar-refractivity contribution in [3.63, 3.8) is 0 Å². The first-order valence-electron chi connectivity index (χ1n) is 6.86. The van der Waals surface area contributed by atoms with E-state index in [1.54, 1.807) is 16.7 Å². The van der Waals surface area contributed by atoms with E-state index in [1.165, 1.54) is 18.3 Å². The number of aromatic amines is 1. The number of aliphatic hydroxyl groups excluding tert-OH is 1. The van der Waals surface area contributed by atoms with E-state index in [0.717, 1.165) is 10.5 Å². The maximum atomic E-state index is 12.5. The number of thioether (sulfide) groups is 1. The highest BCUT2D eigenvalue weighted by Crippen LogP contribution is 2.16. The molecule has 116 valence electrons. The van der Waals surface area contributed by atoms with E-state index < -0.39 is 0 Å². The van der Waals surface area contributed by atoms with Gasteiger partial charge in [0.1, 0.15) is 0 Å². The van der Waals surface area contributed by atoms with Crippen LogP contribution in [0.5, 0.6) is 0 Å². The van der Waals surface area contributed by atoms with E-state index in [0.29, 0.717) is 12.1 Å². The highest BCUT2D eigenvalue weighted by Gasteiger charge is 2.15. The van der Waals surface area contributed by atoms with Crippen LogP contribution in [-0.2, 0) is 6.54 Å². The second kappa shape index (κ2) is 7.82. The average Bonchev–Trinajstić information content (AvgIpc) is 2.55. The number of rotatable bonds is 6. The quantitative estimate of drug-likeness (QED) is 0.796. The number of carbonyl (C=O) groups is 1. The number of H-pyrrole nitrogens is 1. The third-order valence-corrected chi connectivity index (χ3v) is 3.96. The molecule has 0 saturated carbocycles. The van der Waals surface area contributed by atoms with Crippen LogP contribution in [0.15, 0.2) is 52.3 Å². The lowest BCUT2D eigenvalue weighted by atomic mass is 10.2. The van der Waals surface area contributed by atoms with Crippen molar-refractivity contribution in [1.82, 2.24) is 9.88 Å². The van der Waals surface area contributed by atoms with Crippen molar-refractivity contribution in [2.45, 2.75) is 11.4 Å². The fraction of sp³-hybridized carbons (Fsp3) is 0.250. The number of amides is 1. The number of pyridine rings is 1. The number of nitrogens with one attached hydrogen (secondary N) is 1. The normalized spacial score (nSPS) is 10.5. The summed E-state index contributed by atoms with van der Waals surface area (Å²) < 4.78 is 0. The summed E-state index contributed by atoms with van der Waals surface area (Å²) in [5, 5.41) is 9.18. The van der Waals surface area contributed by atoms with Crippen molar-refractivity contribution in [2.24, 2.45) is 0 Å². The summed E-state index contributed by atoms with van der Waals surface area (Å²) in [6, 6.07) is 10.7. The van der Waals surface area contributed by atoms with Crippen molar-refractivity contribution in [3.8, 4) is 0 Å². The van der Waals surface area contributed by atoms with E-state index in [2.05, 4.69) is 4.98 Å². The van der Waals surface area contributed by atoms with Crippen molar-refractivity contribution >= 4 is 17.7 Å². The zero-order valence-corrected chi connectivity index (χ0v) is 13.1. The lowest BCUT2D eigenvalue weighted by Gasteiger charge is -2.22. The van der Waals surface area contributed by atoms with Gasteiger partial charge in [-0.1, -0.05) is 12.1 Å². The largest absolute Gasteiger partial charge is 0.395 e. The molecule has 2 aromatic rings. The van der Waals surface area contributed by atoms with Crippen molar-refractivity contribution < 1.29 is 9.90 Å². The maximum absolute atomic E-state index is 12.5. The molecule has 0 aliphatic rings. The van der Waals surface area contributed by atoms with E-state index in [9.17, 15) is 14.7 Å². The van der Waals surface area contributed by atoms with Crippen LogP contribution in [0.25, 0.3) is 0 Å². The van der Waals surface area contributed by atoms with Gasteiger partial charge in [0.25, 0.3) is 5.91 Å². The van der Waals surface area contributed by atoms with Crippen LogP contribution in [-0.4, -0.2) is 40.3 Å². The van der Waals surface area contributed by atoms with Crippen LogP contribution in [0, 0.1) is 0 Å². The SMILES string of the molecule is CSc1ccc(CN(CCO)C(=O)c2ccc(=O)[nH]c2)cc1. The van der Waals surface area contributed by atoms with Crippen LogP contribution in [0.1, 0.15) is 15.9 Å². The summed E-state index contributed by atoms with van der Waals surface area (Å²) in [5.74, 6) is -0.223. The standard InChI is InChI=1S/C16H18N2O3S/c1-22-14-5-2-12(3-6-14)11-18(8-9-19)16(21)13-4-7-15(20)17-10-13/h2-7,10,19H,8-9,11H2,1H3,(H,17,20). The van der Waals surface area contributed by atoms with Crippen molar-refractivity contribution in [1.29, 1.82) is 0 Å². The summed E-state index contributed by atoms with van der Waals surface area (Å²) in [4.78, 5) is 28.7. The molecule has 0 radical (unpaired) electrons. The first kappa shape index (κ1) is 16.3. The summed E-state index contributed by atoms with van der Waals surface area (Å²) in [7, 11) is 0. The Morgan fingerprint density at radius 1 is 1.23 bits per heavy atom. The van der Waals surface area contributed by atoms with E-state index in [1.807, 2.05) is 30.5 Å². The fourth-order valence-corrected chi connectivity index (χ4v) is 2.46. The Hall–Kier alpha value is -2.05. The Morgan fingerprint density at radius 3 is 2.50 bits per heavy atom. The number of hydrogen-bond donors (Lipinski definition) is 2. The Balaban J connectivity index is 2.15. The van der Waals surface area contributed by atoms with Crippen LogP contribution < -0.4 is 5.56 Å². The average molecular weight is 318 g/mol. The Bertz CT molecular complexity index is 662. The van der Waals surface area contributed by atoms with E-state index >= 15 is 0 Å². The number of hydrogen-bond acceptors (Lipinski definition) is 4. The lowest BCUT2D eigenvalue weighted by Crippen LogP contribution is -2.33. The molecule has 0 aliphatic heterocycles. The Labute approximate surface area is 133 Å². The Morgan fingerprint density at radius 2 is 1.95 bits per heavy atom. The zero-order valence-electron chi connectivity index (χ0n) is 12.3. The first-order chi connectivity index (χ1) is 10.6. The molecule has 6 heteroatoms. The third kappa shape index (κ3) is 4.22. The van der Waals surface area contributed by atoms with Crippen LogP contribution in [0.4, 0.5) is 0 Å². The molecule has 0 bridgehead atoms. The van der Waals surface area contributed by atoms with Gasteiger partial charge in [0.15, 0.2) is 0 Å². The van der Waals surface area contributed by atoms with Gasteiger partial charge in [-0.15, -0.1) is 11.8 Å². The van der Waals surface area contributed by atoms with Gasteiger partial charge in [-0.3, -0.25) is 9.59 Å². The second-order valence-electron chi connectivity index (χ2n) is 4.74. The van der Waals surface area contributed by atoms with Crippen LogP contribution in [0.2, 0.25) is 0 Å². The molecule has 0 fully saturated rings. The molecule has 0 saturated heterocycles. The number of aromatic nitrogens is 1. The van der Waals surface area contributed by atoms with Gasteiger partial charge in [0, 0.05) is 30.2 Å². The minimum Gasteiger partial charge on any atom is -0.395 e. The molecule has 0 unspecified atom stereocenters. The predicted octanol–water partition coefficient (Wildman–Crippen LogP) is 1.73. The summed E-state index contributed by atoms with van der Waals surface area (Å²) >= 11 is 1.66. The maximum Gasteiger partial charge on any atom is 0.255 e. The van der Waals surface area contributed by atoms with Crippen molar-refractivity contribution in [3.05, 3.63) is 64.1 Å². The Kier molecular flexibility index (Phi) is 5.80. The van der Waals surface area contributed by atoms with Gasteiger partial charge in [0.05, 0.1) is 12.2 Å². The van der Waals surface area contributed by atoms with Crippen LogP contribution >= 0.6 is 11.8 Å². The molecular formula is C16H18N2O3S. The van der Waals surface area contributed by atoms with Crippen LogP contribution in [0.3, 0.4) is 0 Å². The van der Waals surface area contributed by atoms with Gasteiger partial charge < -0.3 is 15.0 Å². The molecule has 0 aliphatic carbocycles. The molecule has 22 heavy (non-hydrogen) atoms. The van der Waals surface area contributed by atoms with Gasteiger partial charge in [-0.25, -0.2) is 0 Å². The number of benzene rings is 1. The zero-order chi connectivity index (χ0) is 15.9. The third-order valence-electron chi connectivity index (χ3n) is 3.22. The molecule has 0 atom stereocenters. The molecule has 1 aromatic carbocycles. The monoisotopic (exact) mass is 318 g/mol. The van der Waals surface area contributed by atoms with Gasteiger partial charge >= 0.3 is 0 Å². The number of aliphatic hydroxyl groups is 1. The highest BCUT2D eigenvalue weighted by atomic mass is 32.2. The van der Waals surface area contributed by atoms with Gasteiger partial charge in [0.2, 0.25) is 5.56 Å². The lowest BCUT2D eigenvalue weighted by molar-refractivity contribution is 0.0707. The summed E-state index contributed by atoms with van der Waals surface area (Å²) in [6.45, 7) is 0.535. The number of nitrogens with zero attached hydrogens (tertiary/aromatic N) is 1. The molecule has 2 rings (SSSR count). The smallest absolute Gasteiger partial charge is 0.255 e. The molecule has 5 nitrogen and oxygen atoms in total. The minimum absolute atomic E-state index is 0.113. The van der Waals surface area contributed by atoms with E-state index in [4.69, 9.17) is 0 Å². The molecular weight excluding hydrogens is 300 g/mol. The molecule has 1 heterocycles.